The smallest absolute Gasteiger partial charge is 0.0963 e. The summed E-state index contributed by atoms with van der Waals surface area (Å²) in [4.78, 5) is 4.85. The van der Waals surface area contributed by atoms with Crippen molar-refractivity contribution in [3.05, 3.63) is 109 Å². The van der Waals surface area contributed by atoms with Crippen LogP contribution >= 0.6 is 11.3 Å². The van der Waals surface area contributed by atoms with E-state index in [0.717, 1.165) is 11.0 Å². The number of fused-ring (bicyclic) bond motifs is 9. The van der Waals surface area contributed by atoms with Crippen LogP contribution in [0, 0.1) is 0 Å². The van der Waals surface area contributed by atoms with Gasteiger partial charge in [0.05, 0.1) is 22.2 Å². The molecular formula is C31H18N2S. The molecule has 0 saturated carbocycles. The van der Waals surface area contributed by atoms with Crippen LogP contribution in [0.15, 0.2) is 109 Å². The highest BCUT2D eigenvalue weighted by Gasteiger charge is 2.18. The number of pyridine rings is 1. The standard InChI is InChI=1S/C31H18N2S/c1-2-9-20-19(8-1)16-27(22-11-4-3-10-21(20)22)33-26-13-7-15-32-31(26)25-17-24-23-12-5-6-14-29(23)34-30(24)18-28(25)33/h1-18H. The van der Waals surface area contributed by atoms with Crippen LogP contribution in [0.25, 0.3) is 69.3 Å². The first-order valence-electron chi connectivity index (χ1n) is 11.5. The van der Waals surface area contributed by atoms with E-state index in [-0.39, 0.29) is 0 Å². The van der Waals surface area contributed by atoms with Gasteiger partial charge < -0.3 is 4.57 Å². The molecule has 3 aromatic heterocycles. The molecule has 0 unspecified atom stereocenters. The summed E-state index contributed by atoms with van der Waals surface area (Å²) in [7, 11) is 0. The molecule has 2 nitrogen and oxygen atoms in total. The summed E-state index contributed by atoms with van der Waals surface area (Å²) in [5.74, 6) is 0. The van der Waals surface area contributed by atoms with Crippen LogP contribution in [0.2, 0.25) is 0 Å². The molecule has 158 valence electrons. The molecule has 8 rings (SSSR count). The Labute approximate surface area is 199 Å². The molecule has 0 radical (unpaired) electrons. The van der Waals surface area contributed by atoms with Crippen LogP contribution in [0.3, 0.4) is 0 Å². The van der Waals surface area contributed by atoms with E-state index in [1.165, 1.54) is 58.3 Å². The Kier molecular flexibility index (Phi) is 3.57. The minimum atomic E-state index is 1.05. The lowest BCUT2D eigenvalue weighted by molar-refractivity contribution is 1.20. The van der Waals surface area contributed by atoms with Gasteiger partial charge in [-0.2, -0.15) is 0 Å². The third-order valence-corrected chi connectivity index (χ3v) is 8.14. The quantitative estimate of drug-likeness (QED) is 0.228. The van der Waals surface area contributed by atoms with Gasteiger partial charge in [-0.25, -0.2) is 0 Å². The van der Waals surface area contributed by atoms with Gasteiger partial charge in [-0.3, -0.25) is 4.98 Å². The number of hydrogen-bond donors (Lipinski definition) is 0. The van der Waals surface area contributed by atoms with E-state index in [1.54, 1.807) is 0 Å². The van der Waals surface area contributed by atoms with Crippen molar-refractivity contribution in [3.63, 3.8) is 0 Å². The molecular weight excluding hydrogens is 432 g/mol. The number of aromatic nitrogens is 2. The third kappa shape index (κ3) is 2.37. The SMILES string of the molecule is c1ccc2c(c1)cc(-n1c3cc4sc5ccccc5c4cc3c3ncccc31)c1ccccc12. The van der Waals surface area contributed by atoms with Gasteiger partial charge in [0, 0.05) is 37.1 Å². The number of hydrogen-bond acceptors (Lipinski definition) is 2. The molecule has 3 heterocycles. The molecule has 5 aromatic carbocycles. The fourth-order valence-electron chi connectivity index (χ4n) is 5.53. The summed E-state index contributed by atoms with van der Waals surface area (Å²) in [5.41, 5.74) is 4.59. The monoisotopic (exact) mass is 450 g/mol. The Balaban J connectivity index is 1.60. The maximum absolute atomic E-state index is 4.85. The predicted octanol–water partition coefficient (Wildman–Crippen LogP) is 8.85. The maximum atomic E-state index is 4.85. The molecule has 0 N–H and O–H groups in total. The van der Waals surface area contributed by atoms with Crippen molar-refractivity contribution < 1.29 is 0 Å². The van der Waals surface area contributed by atoms with E-state index in [2.05, 4.69) is 102 Å². The second-order valence-electron chi connectivity index (χ2n) is 8.83. The summed E-state index contributed by atoms with van der Waals surface area (Å²) in [6.45, 7) is 0. The minimum Gasteiger partial charge on any atom is -0.307 e. The predicted molar refractivity (Wildman–Crippen MR) is 146 cm³/mol. The van der Waals surface area contributed by atoms with Gasteiger partial charge in [0.25, 0.3) is 0 Å². The second-order valence-corrected chi connectivity index (χ2v) is 9.92. The maximum Gasteiger partial charge on any atom is 0.0963 e. The van der Waals surface area contributed by atoms with Crippen molar-refractivity contribution in [2.24, 2.45) is 0 Å². The van der Waals surface area contributed by atoms with Crippen LogP contribution in [-0.2, 0) is 0 Å². The second kappa shape index (κ2) is 6.66. The van der Waals surface area contributed by atoms with Gasteiger partial charge in [-0.15, -0.1) is 11.3 Å². The van der Waals surface area contributed by atoms with Crippen molar-refractivity contribution in [3.8, 4) is 5.69 Å². The van der Waals surface area contributed by atoms with E-state index >= 15 is 0 Å². The Bertz CT molecular complexity index is 2080. The highest BCUT2D eigenvalue weighted by Crippen LogP contribution is 2.41. The van der Waals surface area contributed by atoms with Crippen molar-refractivity contribution in [1.82, 2.24) is 9.55 Å². The largest absolute Gasteiger partial charge is 0.307 e. The van der Waals surface area contributed by atoms with Crippen LogP contribution in [0.4, 0.5) is 0 Å². The Morgan fingerprint density at radius 2 is 1.29 bits per heavy atom. The van der Waals surface area contributed by atoms with Crippen LogP contribution in [0.1, 0.15) is 0 Å². The fourth-order valence-corrected chi connectivity index (χ4v) is 6.65. The molecule has 0 saturated heterocycles. The van der Waals surface area contributed by atoms with Crippen molar-refractivity contribution >= 4 is 75.0 Å². The summed E-state index contributed by atoms with van der Waals surface area (Å²) in [6.07, 6.45) is 1.90. The number of nitrogens with zero attached hydrogens (tertiary/aromatic N) is 2. The molecule has 0 fully saturated rings. The van der Waals surface area contributed by atoms with Crippen LogP contribution in [-0.4, -0.2) is 9.55 Å². The van der Waals surface area contributed by atoms with Gasteiger partial charge in [0.2, 0.25) is 0 Å². The summed E-state index contributed by atoms with van der Waals surface area (Å²) >= 11 is 1.86. The summed E-state index contributed by atoms with van der Waals surface area (Å²) < 4.78 is 5.05. The minimum absolute atomic E-state index is 1.05. The topological polar surface area (TPSA) is 17.8 Å². The Hall–Kier alpha value is -4.21. The summed E-state index contributed by atoms with van der Waals surface area (Å²) in [5, 5.41) is 8.88. The zero-order chi connectivity index (χ0) is 22.2. The first kappa shape index (κ1) is 18.2. The molecule has 0 spiro atoms. The lowest BCUT2D eigenvalue weighted by atomic mass is 10.00. The molecule has 8 aromatic rings. The molecule has 0 aliphatic carbocycles. The first-order chi connectivity index (χ1) is 16.9. The van der Waals surface area contributed by atoms with Gasteiger partial charge in [0.15, 0.2) is 0 Å². The summed E-state index contributed by atoms with van der Waals surface area (Å²) in [6, 6.07) is 37.4. The van der Waals surface area contributed by atoms with Gasteiger partial charge in [0.1, 0.15) is 0 Å². The average molecular weight is 451 g/mol. The fraction of sp³-hybridized carbons (Fsp3) is 0. The first-order valence-corrected chi connectivity index (χ1v) is 12.3. The molecule has 3 heteroatoms. The van der Waals surface area contributed by atoms with E-state index in [9.17, 15) is 0 Å². The number of thiophene rings is 1. The highest BCUT2D eigenvalue weighted by molar-refractivity contribution is 7.25. The lowest BCUT2D eigenvalue weighted by Crippen LogP contribution is -1.96. The van der Waals surface area contributed by atoms with Gasteiger partial charge in [-0.05, 0) is 52.6 Å². The zero-order valence-corrected chi connectivity index (χ0v) is 19.0. The van der Waals surface area contributed by atoms with Gasteiger partial charge >= 0.3 is 0 Å². The van der Waals surface area contributed by atoms with Crippen molar-refractivity contribution in [2.45, 2.75) is 0 Å². The average Bonchev–Trinajstić information content (AvgIpc) is 3.42. The Morgan fingerprint density at radius 1 is 0.529 bits per heavy atom. The number of benzene rings is 5. The van der Waals surface area contributed by atoms with E-state index < -0.39 is 0 Å². The highest BCUT2D eigenvalue weighted by atomic mass is 32.1. The van der Waals surface area contributed by atoms with E-state index in [1.807, 2.05) is 23.6 Å². The normalized spacial score (nSPS) is 12.1. The molecule has 0 atom stereocenters. The van der Waals surface area contributed by atoms with Crippen molar-refractivity contribution in [2.75, 3.05) is 0 Å². The molecule has 0 amide bonds. The van der Waals surface area contributed by atoms with Gasteiger partial charge in [-0.1, -0.05) is 66.7 Å². The zero-order valence-electron chi connectivity index (χ0n) is 18.2. The van der Waals surface area contributed by atoms with Crippen LogP contribution in [0.5, 0.6) is 0 Å². The molecule has 0 aliphatic rings. The van der Waals surface area contributed by atoms with E-state index in [0.29, 0.717) is 0 Å². The van der Waals surface area contributed by atoms with E-state index in [4.69, 9.17) is 4.98 Å². The Morgan fingerprint density at radius 3 is 2.21 bits per heavy atom. The lowest BCUT2D eigenvalue weighted by Gasteiger charge is -2.14. The third-order valence-electron chi connectivity index (χ3n) is 7.01. The molecule has 0 aliphatic heterocycles. The van der Waals surface area contributed by atoms with Crippen LogP contribution < -0.4 is 0 Å². The molecule has 0 bridgehead atoms. The molecule has 34 heavy (non-hydrogen) atoms. The van der Waals surface area contributed by atoms with Crippen molar-refractivity contribution in [1.29, 1.82) is 0 Å². The number of rotatable bonds is 1.